The van der Waals surface area contributed by atoms with Crippen LogP contribution in [0, 0.1) is 0 Å². The molecule has 2 rings (SSSR count). The molecule has 0 amide bonds. The summed E-state index contributed by atoms with van der Waals surface area (Å²) in [6.45, 7) is 0.0793. The van der Waals surface area contributed by atoms with E-state index in [1.165, 1.54) is 29.2 Å². The molecule has 0 saturated heterocycles. The van der Waals surface area contributed by atoms with Gasteiger partial charge in [0.2, 0.25) is 0 Å². The highest BCUT2D eigenvalue weighted by atomic mass is 16.2. The van der Waals surface area contributed by atoms with Gasteiger partial charge in [0.05, 0.1) is 6.61 Å². The fraction of sp³-hybridized carbons (Fsp3) is 0.375. The van der Waals surface area contributed by atoms with Crippen molar-refractivity contribution in [1.82, 2.24) is 0 Å². The SMILES string of the molecule is [O]CCCCCCc1ccc2ccccc2c1. The summed E-state index contributed by atoms with van der Waals surface area (Å²) in [5.74, 6) is 0. The molecule has 2 aromatic rings. The van der Waals surface area contributed by atoms with Crippen LogP contribution in [0.25, 0.3) is 10.8 Å². The Hall–Kier alpha value is -1.34. The van der Waals surface area contributed by atoms with Gasteiger partial charge in [0, 0.05) is 0 Å². The van der Waals surface area contributed by atoms with Gasteiger partial charge < -0.3 is 0 Å². The minimum absolute atomic E-state index is 0.0793. The Morgan fingerprint density at radius 1 is 0.765 bits per heavy atom. The summed E-state index contributed by atoms with van der Waals surface area (Å²) in [4.78, 5) is 0. The molecule has 0 saturated carbocycles. The second-order valence-electron chi connectivity index (χ2n) is 4.55. The Morgan fingerprint density at radius 3 is 2.35 bits per heavy atom. The summed E-state index contributed by atoms with van der Waals surface area (Å²) in [6.07, 6.45) is 5.41. The molecule has 0 atom stereocenters. The first kappa shape index (κ1) is 12.1. The lowest BCUT2D eigenvalue weighted by Gasteiger charge is -2.03. The van der Waals surface area contributed by atoms with Gasteiger partial charge in [0.25, 0.3) is 0 Å². The van der Waals surface area contributed by atoms with Crippen LogP contribution in [0.3, 0.4) is 0 Å². The third kappa shape index (κ3) is 3.57. The maximum atomic E-state index is 10.3. The molecule has 0 bridgehead atoms. The normalized spacial score (nSPS) is 10.9. The second-order valence-corrected chi connectivity index (χ2v) is 4.55. The van der Waals surface area contributed by atoms with Crippen molar-refractivity contribution < 1.29 is 5.11 Å². The van der Waals surface area contributed by atoms with Crippen LogP contribution in [-0.2, 0) is 11.5 Å². The van der Waals surface area contributed by atoms with Crippen molar-refractivity contribution in [3.05, 3.63) is 48.0 Å². The van der Waals surface area contributed by atoms with Gasteiger partial charge in [-0.3, -0.25) is 0 Å². The van der Waals surface area contributed by atoms with Gasteiger partial charge in [-0.05, 0) is 35.6 Å². The van der Waals surface area contributed by atoms with Gasteiger partial charge in [-0.15, -0.1) is 0 Å². The van der Waals surface area contributed by atoms with E-state index >= 15 is 0 Å². The van der Waals surface area contributed by atoms with Crippen LogP contribution in [0.5, 0.6) is 0 Å². The van der Waals surface area contributed by atoms with Gasteiger partial charge >= 0.3 is 0 Å². The Balaban J connectivity index is 1.90. The molecule has 1 nitrogen and oxygen atoms in total. The highest BCUT2D eigenvalue weighted by Crippen LogP contribution is 2.17. The van der Waals surface area contributed by atoms with E-state index in [2.05, 4.69) is 42.5 Å². The molecule has 1 heteroatoms. The molecular weight excluding hydrogens is 208 g/mol. The molecule has 0 fully saturated rings. The molecule has 17 heavy (non-hydrogen) atoms. The van der Waals surface area contributed by atoms with Gasteiger partial charge in [0.15, 0.2) is 0 Å². The number of hydrogen-bond acceptors (Lipinski definition) is 0. The summed E-state index contributed by atoms with van der Waals surface area (Å²) < 4.78 is 0. The fourth-order valence-electron chi connectivity index (χ4n) is 2.18. The van der Waals surface area contributed by atoms with E-state index in [9.17, 15) is 5.11 Å². The number of aryl methyl sites for hydroxylation is 1. The van der Waals surface area contributed by atoms with E-state index in [1.54, 1.807) is 0 Å². The predicted molar refractivity (Wildman–Crippen MR) is 71.7 cm³/mol. The zero-order valence-corrected chi connectivity index (χ0v) is 10.2. The van der Waals surface area contributed by atoms with Crippen LogP contribution in [0.4, 0.5) is 0 Å². The van der Waals surface area contributed by atoms with Gasteiger partial charge in [0.1, 0.15) is 0 Å². The van der Waals surface area contributed by atoms with Crippen molar-refractivity contribution in [3.63, 3.8) is 0 Å². The van der Waals surface area contributed by atoms with Crippen LogP contribution in [0.1, 0.15) is 31.2 Å². The zero-order chi connectivity index (χ0) is 11.9. The van der Waals surface area contributed by atoms with Crippen LogP contribution in [0.2, 0.25) is 0 Å². The van der Waals surface area contributed by atoms with Crippen molar-refractivity contribution in [2.45, 2.75) is 32.1 Å². The smallest absolute Gasteiger partial charge is 0.0822 e. The highest BCUT2D eigenvalue weighted by molar-refractivity contribution is 5.82. The number of fused-ring (bicyclic) bond motifs is 1. The summed E-state index contributed by atoms with van der Waals surface area (Å²) in [6, 6.07) is 15.2. The maximum Gasteiger partial charge on any atom is 0.0822 e. The molecular formula is C16H19O. The first-order valence-electron chi connectivity index (χ1n) is 6.46. The number of rotatable bonds is 6. The van der Waals surface area contributed by atoms with Crippen LogP contribution >= 0.6 is 0 Å². The van der Waals surface area contributed by atoms with Gasteiger partial charge in [-0.1, -0.05) is 55.3 Å². The van der Waals surface area contributed by atoms with E-state index in [-0.39, 0.29) is 6.61 Å². The van der Waals surface area contributed by atoms with E-state index in [0.717, 1.165) is 19.3 Å². The molecule has 0 aliphatic carbocycles. The van der Waals surface area contributed by atoms with E-state index in [0.29, 0.717) is 0 Å². The lowest BCUT2D eigenvalue weighted by atomic mass is 10.0. The van der Waals surface area contributed by atoms with Crippen molar-refractivity contribution in [1.29, 1.82) is 0 Å². The zero-order valence-electron chi connectivity index (χ0n) is 10.2. The molecule has 0 unspecified atom stereocenters. The Morgan fingerprint density at radius 2 is 1.53 bits per heavy atom. The summed E-state index contributed by atoms with van der Waals surface area (Å²) in [7, 11) is 0. The molecule has 0 aliphatic heterocycles. The molecule has 89 valence electrons. The Kier molecular flexibility index (Phi) is 4.57. The average molecular weight is 227 g/mol. The lowest BCUT2D eigenvalue weighted by Crippen LogP contribution is -1.87. The van der Waals surface area contributed by atoms with Crippen LogP contribution < -0.4 is 0 Å². The molecule has 0 N–H and O–H groups in total. The minimum Gasteiger partial charge on any atom is -0.237 e. The molecule has 1 radical (unpaired) electrons. The molecule has 0 aromatic heterocycles. The van der Waals surface area contributed by atoms with Gasteiger partial charge in [-0.2, -0.15) is 0 Å². The van der Waals surface area contributed by atoms with Crippen molar-refractivity contribution in [2.24, 2.45) is 0 Å². The van der Waals surface area contributed by atoms with Crippen LogP contribution in [-0.4, -0.2) is 6.61 Å². The van der Waals surface area contributed by atoms with Crippen molar-refractivity contribution in [3.8, 4) is 0 Å². The molecule has 0 spiro atoms. The molecule has 0 heterocycles. The van der Waals surface area contributed by atoms with E-state index in [4.69, 9.17) is 0 Å². The third-order valence-electron chi connectivity index (χ3n) is 3.17. The number of benzene rings is 2. The van der Waals surface area contributed by atoms with Crippen molar-refractivity contribution in [2.75, 3.05) is 6.61 Å². The summed E-state index contributed by atoms with van der Waals surface area (Å²) >= 11 is 0. The predicted octanol–water partition coefficient (Wildman–Crippen LogP) is 4.37. The first-order chi connectivity index (χ1) is 8.40. The first-order valence-corrected chi connectivity index (χ1v) is 6.46. The Labute approximate surface area is 103 Å². The molecule has 0 aliphatic rings. The quantitative estimate of drug-likeness (QED) is 0.653. The topological polar surface area (TPSA) is 19.9 Å². The minimum atomic E-state index is 0.0793. The highest BCUT2D eigenvalue weighted by Gasteiger charge is 1.96. The standard InChI is InChI=1S/C16H19O/c17-12-6-2-1-3-7-14-10-11-15-8-4-5-9-16(15)13-14/h4-5,8-11,13H,1-3,6-7,12H2. The fourth-order valence-corrected chi connectivity index (χ4v) is 2.18. The lowest BCUT2D eigenvalue weighted by molar-refractivity contribution is 0.186. The van der Waals surface area contributed by atoms with E-state index < -0.39 is 0 Å². The molecule has 2 aromatic carbocycles. The number of unbranched alkanes of at least 4 members (excludes halogenated alkanes) is 3. The average Bonchev–Trinajstić information content (AvgIpc) is 2.38. The van der Waals surface area contributed by atoms with Crippen molar-refractivity contribution >= 4 is 10.8 Å². The largest absolute Gasteiger partial charge is 0.237 e. The van der Waals surface area contributed by atoms with Gasteiger partial charge in [-0.25, -0.2) is 5.11 Å². The third-order valence-corrected chi connectivity index (χ3v) is 3.17. The monoisotopic (exact) mass is 227 g/mol. The summed E-state index contributed by atoms with van der Waals surface area (Å²) in [5, 5.41) is 12.9. The van der Waals surface area contributed by atoms with E-state index in [1.807, 2.05) is 0 Å². The van der Waals surface area contributed by atoms with Crippen LogP contribution in [0.15, 0.2) is 42.5 Å². The maximum absolute atomic E-state index is 10.3. The second kappa shape index (κ2) is 6.41. The number of hydrogen-bond donors (Lipinski definition) is 0. The Bertz CT molecular complexity index is 462. The summed E-state index contributed by atoms with van der Waals surface area (Å²) in [5.41, 5.74) is 1.41.